The third-order valence-corrected chi connectivity index (χ3v) is 15.5. The standard InChI is InChI=1S/C54H72N12O8S2/c1-35-30-57-52(62-49(35)59-40-10-9-11-43(28-40)76(72,73)63-54(6,7)8)60-39-16-18-41(19-17-39)65-24-22-64(23-25-65)33-46(69)55-21-27-74-26-20-45(68)61-48(53(3,4)5)51(71)66-32-42(67)29-44(66)50(70)56-31-37-12-14-38(15-13-37)47-36(2)58-34-75-47/h9-19,28,30,34,42,44,48,63,67H,20-27,29,31-33H2,1-8H3,(H,55,69)(H,56,70)(H,61,68)(H2,57,59,60,62)/t42-,44+,48?/m1/s1. The average molecular weight is 1080 g/mol. The number of nitrogens with zero attached hydrogens (tertiary/aromatic N) is 6. The summed E-state index contributed by atoms with van der Waals surface area (Å²) < 4.78 is 34.2. The van der Waals surface area contributed by atoms with Crippen molar-refractivity contribution in [2.24, 2.45) is 5.41 Å². The Morgan fingerprint density at radius 1 is 0.855 bits per heavy atom. The van der Waals surface area contributed by atoms with Gasteiger partial charge in [-0.3, -0.25) is 24.1 Å². The molecule has 0 bridgehead atoms. The van der Waals surface area contributed by atoms with E-state index in [2.05, 4.69) is 56.1 Å². The van der Waals surface area contributed by atoms with E-state index in [1.807, 2.05) is 88.7 Å². The lowest BCUT2D eigenvalue weighted by Crippen LogP contribution is -2.57. The van der Waals surface area contributed by atoms with Crippen LogP contribution in [0.5, 0.6) is 0 Å². The Kier molecular flexibility index (Phi) is 18.8. The molecule has 2 aliphatic heterocycles. The molecular weight excluding hydrogens is 1010 g/mol. The van der Waals surface area contributed by atoms with E-state index in [0.717, 1.165) is 51.7 Å². The molecule has 2 aromatic heterocycles. The second-order valence-corrected chi connectivity index (χ2v) is 23.9. The van der Waals surface area contributed by atoms with E-state index < -0.39 is 51.0 Å². The molecule has 4 heterocycles. The average Bonchev–Trinajstić information content (AvgIpc) is 3.99. The molecule has 408 valence electrons. The number of piperazine rings is 1. The number of nitrogens with one attached hydrogen (secondary N) is 6. The van der Waals surface area contributed by atoms with Gasteiger partial charge in [-0.15, -0.1) is 11.3 Å². The molecule has 2 fully saturated rings. The largest absolute Gasteiger partial charge is 0.391 e. The van der Waals surface area contributed by atoms with E-state index in [4.69, 9.17) is 4.74 Å². The molecule has 4 amide bonds. The predicted molar refractivity (Wildman–Crippen MR) is 295 cm³/mol. The van der Waals surface area contributed by atoms with Crippen LogP contribution in [0.2, 0.25) is 0 Å². The van der Waals surface area contributed by atoms with Crippen molar-refractivity contribution in [3.8, 4) is 10.4 Å². The van der Waals surface area contributed by atoms with Crippen molar-refractivity contribution in [2.75, 3.05) is 74.6 Å². The predicted octanol–water partition coefficient (Wildman–Crippen LogP) is 5.23. The molecule has 0 spiro atoms. The number of aromatic nitrogens is 3. The summed E-state index contributed by atoms with van der Waals surface area (Å²) >= 11 is 1.57. The Hall–Kier alpha value is -6.56. The Labute approximate surface area is 449 Å². The third-order valence-electron chi connectivity index (χ3n) is 12.8. The first-order chi connectivity index (χ1) is 36.0. The molecule has 5 aromatic rings. The van der Waals surface area contributed by atoms with Crippen LogP contribution in [0.1, 0.15) is 71.2 Å². The lowest BCUT2D eigenvalue weighted by molar-refractivity contribution is -0.144. The maximum Gasteiger partial charge on any atom is 0.246 e. The molecule has 3 atom stereocenters. The topological polar surface area (TPSA) is 252 Å². The molecule has 76 heavy (non-hydrogen) atoms. The van der Waals surface area contributed by atoms with Crippen LogP contribution in [0.3, 0.4) is 0 Å². The van der Waals surface area contributed by atoms with Crippen LogP contribution in [-0.4, -0.2) is 145 Å². The van der Waals surface area contributed by atoms with Crippen LogP contribution in [0.4, 0.5) is 28.8 Å². The van der Waals surface area contributed by atoms with E-state index in [9.17, 15) is 32.7 Å². The number of aliphatic hydroxyl groups excluding tert-OH is 1. The number of sulfonamides is 1. The first kappa shape index (κ1) is 57.2. The maximum atomic E-state index is 14.0. The van der Waals surface area contributed by atoms with Gasteiger partial charge >= 0.3 is 0 Å². The quantitative estimate of drug-likeness (QED) is 0.0465. The number of thiazole rings is 1. The maximum absolute atomic E-state index is 14.0. The van der Waals surface area contributed by atoms with E-state index in [1.54, 1.807) is 62.6 Å². The number of hydrogen-bond acceptors (Lipinski definition) is 16. The fourth-order valence-electron chi connectivity index (χ4n) is 8.82. The summed E-state index contributed by atoms with van der Waals surface area (Å²) in [7, 11) is -3.72. The number of carbonyl (C=O) groups excluding carboxylic acids is 4. The number of β-amino-alcohol motifs (C(OH)–C–C–N with tert-alkyl or cyclic N) is 1. The zero-order valence-electron chi connectivity index (χ0n) is 44.6. The number of aliphatic hydroxyl groups is 1. The minimum absolute atomic E-state index is 0.0177. The third kappa shape index (κ3) is 16.0. The summed E-state index contributed by atoms with van der Waals surface area (Å²) in [6.45, 7) is 18.6. The number of aryl methyl sites for hydroxylation is 2. The zero-order valence-corrected chi connectivity index (χ0v) is 46.2. The van der Waals surface area contributed by atoms with Crippen molar-refractivity contribution in [3.63, 3.8) is 0 Å². The van der Waals surface area contributed by atoms with Crippen LogP contribution in [-0.2, 0) is 40.5 Å². The van der Waals surface area contributed by atoms with Gasteiger partial charge in [0.1, 0.15) is 17.9 Å². The molecule has 7 rings (SSSR count). The van der Waals surface area contributed by atoms with Gasteiger partial charge in [-0.05, 0) is 93.6 Å². The highest BCUT2D eigenvalue weighted by Gasteiger charge is 2.44. The highest BCUT2D eigenvalue weighted by molar-refractivity contribution is 7.89. The van der Waals surface area contributed by atoms with E-state index in [1.165, 1.54) is 4.90 Å². The zero-order chi connectivity index (χ0) is 54.8. The van der Waals surface area contributed by atoms with Crippen molar-refractivity contribution >= 4 is 73.8 Å². The Bertz CT molecular complexity index is 2920. The second-order valence-electron chi connectivity index (χ2n) is 21.3. The highest BCUT2D eigenvalue weighted by Crippen LogP contribution is 2.30. The molecule has 1 unspecified atom stereocenters. The Morgan fingerprint density at radius 3 is 2.25 bits per heavy atom. The fourth-order valence-corrected chi connectivity index (χ4v) is 11.1. The van der Waals surface area contributed by atoms with Crippen molar-refractivity contribution < 1.29 is 37.4 Å². The molecule has 2 aliphatic rings. The highest BCUT2D eigenvalue weighted by atomic mass is 32.2. The van der Waals surface area contributed by atoms with Crippen LogP contribution in [0.25, 0.3) is 10.4 Å². The number of hydrogen-bond donors (Lipinski definition) is 7. The number of amides is 4. The van der Waals surface area contributed by atoms with Gasteiger partial charge in [-0.1, -0.05) is 51.1 Å². The molecule has 0 saturated carbocycles. The van der Waals surface area contributed by atoms with Crippen molar-refractivity contribution in [2.45, 2.75) is 103 Å². The van der Waals surface area contributed by atoms with Crippen LogP contribution in [0.15, 0.2) is 89.4 Å². The summed E-state index contributed by atoms with van der Waals surface area (Å²) in [5.41, 5.74) is 6.55. The summed E-state index contributed by atoms with van der Waals surface area (Å²) in [6.07, 6.45) is 0.883. The van der Waals surface area contributed by atoms with Crippen LogP contribution in [0, 0.1) is 19.3 Å². The molecule has 22 heteroatoms. The lowest BCUT2D eigenvalue weighted by Gasteiger charge is -2.35. The van der Waals surface area contributed by atoms with Gasteiger partial charge in [0.05, 0.1) is 46.8 Å². The molecule has 2 saturated heterocycles. The minimum atomic E-state index is -3.72. The molecule has 7 N–H and O–H groups in total. The van der Waals surface area contributed by atoms with Crippen molar-refractivity contribution in [1.82, 2.24) is 45.4 Å². The van der Waals surface area contributed by atoms with Crippen LogP contribution >= 0.6 is 11.3 Å². The molecular formula is C54H72N12O8S2. The lowest BCUT2D eigenvalue weighted by atomic mass is 9.85. The number of anilines is 5. The van der Waals surface area contributed by atoms with E-state index in [-0.39, 0.29) is 68.9 Å². The normalized spacial score (nSPS) is 16.8. The van der Waals surface area contributed by atoms with Gasteiger partial charge in [0.15, 0.2) is 0 Å². The molecule has 3 aromatic carbocycles. The first-order valence-electron chi connectivity index (χ1n) is 25.5. The summed E-state index contributed by atoms with van der Waals surface area (Å²) in [5, 5.41) is 25.7. The molecule has 20 nitrogen and oxygen atoms in total. The van der Waals surface area contributed by atoms with Gasteiger partial charge < -0.3 is 46.2 Å². The summed E-state index contributed by atoms with van der Waals surface area (Å²) in [4.78, 5) is 73.9. The van der Waals surface area contributed by atoms with Gasteiger partial charge in [0.25, 0.3) is 0 Å². The second kappa shape index (κ2) is 25.1. The smallest absolute Gasteiger partial charge is 0.246 e. The van der Waals surface area contributed by atoms with Gasteiger partial charge in [0.2, 0.25) is 39.6 Å². The molecule has 0 radical (unpaired) electrons. The first-order valence-corrected chi connectivity index (χ1v) is 27.9. The minimum Gasteiger partial charge on any atom is -0.391 e. The van der Waals surface area contributed by atoms with E-state index >= 15 is 0 Å². The van der Waals surface area contributed by atoms with Gasteiger partial charge in [-0.25, -0.2) is 23.1 Å². The number of ether oxygens (including phenoxy) is 1. The molecule has 0 aliphatic carbocycles. The SMILES string of the molecule is Cc1cnc(Nc2ccc(N3CCN(CC(=O)NCCOCCC(=O)NC(C(=O)N4C[C@H](O)C[C@H]4C(=O)NCc4ccc(-c5scnc5C)cc4)C(C)(C)C)CC3)cc2)nc1Nc1cccc(S(=O)(=O)NC(C)(C)C)c1. The number of likely N-dealkylation sites (tertiary alicyclic amines) is 1. The van der Waals surface area contributed by atoms with E-state index in [0.29, 0.717) is 30.5 Å². The number of carbonyl (C=O) groups is 4. The Morgan fingerprint density at radius 2 is 1.58 bits per heavy atom. The monoisotopic (exact) mass is 1080 g/mol. The number of rotatable bonds is 21. The Balaban J connectivity index is 0.783. The van der Waals surface area contributed by atoms with Gasteiger partial charge in [-0.2, -0.15) is 4.98 Å². The summed E-state index contributed by atoms with van der Waals surface area (Å²) in [5.74, 6) is -0.436. The van der Waals surface area contributed by atoms with Gasteiger partial charge in [0, 0.05) is 93.0 Å². The van der Waals surface area contributed by atoms with Crippen molar-refractivity contribution in [3.05, 3.63) is 101 Å². The van der Waals surface area contributed by atoms with Crippen LogP contribution < -0.4 is 36.2 Å². The fraction of sp³-hybridized carbons (Fsp3) is 0.463. The van der Waals surface area contributed by atoms with Crippen molar-refractivity contribution in [1.29, 1.82) is 0 Å². The summed E-state index contributed by atoms with van der Waals surface area (Å²) in [6, 6.07) is 20.5. The number of benzene rings is 3.